The van der Waals surface area contributed by atoms with Gasteiger partial charge in [-0.2, -0.15) is 0 Å². The Balaban J connectivity index is 2.24. The molecule has 1 aromatic carbocycles. The highest BCUT2D eigenvalue weighted by atomic mass is 16.5. The largest absolute Gasteiger partial charge is 0.464 e. The molecule has 0 aromatic heterocycles. The van der Waals surface area contributed by atoms with Crippen LogP contribution < -0.4 is 10.6 Å². The molecule has 2 N–H and O–H groups in total. The van der Waals surface area contributed by atoms with Gasteiger partial charge < -0.3 is 20.2 Å². The van der Waals surface area contributed by atoms with Gasteiger partial charge in [0.05, 0.1) is 12.5 Å². The Morgan fingerprint density at radius 1 is 1.09 bits per heavy atom. The van der Waals surface area contributed by atoms with Crippen LogP contribution >= 0.6 is 0 Å². The maximum Gasteiger partial charge on any atom is 0.306 e. The standard InChI is InChI=1S/C26H38N2O5/c1-20(28-25(32)22(19-29)13-9-6-10-16-26(2,3)4)24(31)27-17-18-33-23(30)15-14-21-11-7-5-8-12-21/h5,7-8,10-12,16,19-20,22H,6,9,13-15,17-18H2,1-4H3,(H,27,31)(H,28,32)/b16-10+/t20-,22-/m0/s1. The van der Waals surface area contributed by atoms with E-state index in [9.17, 15) is 19.2 Å². The molecule has 0 aliphatic rings. The quantitative estimate of drug-likeness (QED) is 0.146. The number of esters is 1. The van der Waals surface area contributed by atoms with Crippen molar-refractivity contribution in [1.29, 1.82) is 0 Å². The van der Waals surface area contributed by atoms with Gasteiger partial charge in [0.15, 0.2) is 0 Å². The lowest BCUT2D eigenvalue weighted by Crippen LogP contribution is -2.47. The van der Waals surface area contributed by atoms with E-state index in [0.717, 1.165) is 12.0 Å². The third-order valence-corrected chi connectivity index (χ3v) is 4.88. The summed E-state index contributed by atoms with van der Waals surface area (Å²) in [5.41, 5.74) is 1.16. The minimum Gasteiger partial charge on any atom is -0.464 e. The Hall–Kier alpha value is -2.96. The van der Waals surface area contributed by atoms with Crippen molar-refractivity contribution < 1.29 is 23.9 Å². The molecule has 0 unspecified atom stereocenters. The number of amides is 2. The van der Waals surface area contributed by atoms with E-state index in [-0.39, 0.29) is 31.0 Å². The molecular formula is C26H38N2O5. The number of benzene rings is 1. The van der Waals surface area contributed by atoms with Crippen LogP contribution in [0.3, 0.4) is 0 Å². The Labute approximate surface area is 197 Å². The molecule has 0 saturated heterocycles. The van der Waals surface area contributed by atoms with Crippen LogP contribution in [0.15, 0.2) is 42.5 Å². The van der Waals surface area contributed by atoms with Gasteiger partial charge in [-0.05, 0) is 43.6 Å². The third kappa shape index (κ3) is 13.2. The molecular weight excluding hydrogens is 420 g/mol. The summed E-state index contributed by atoms with van der Waals surface area (Å²) in [5, 5.41) is 5.20. The van der Waals surface area contributed by atoms with Crippen LogP contribution in [0.4, 0.5) is 0 Å². The Bertz CT molecular complexity index is 784. The minimum atomic E-state index is -0.797. The second-order valence-corrected chi connectivity index (χ2v) is 9.17. The zero-order valence-corrected chi connectivity index (χ0v) is 20.3. The van der Waals surface area contributed by atoms with Gasteiger partial charge in [0.2, 0.25) is 11.8 Å². The summed E-state index contributed by atoms with van der Waals surface area (Å²) in [4.78, 5) is 47.6. The molecule has 0 bridgehead atoms. The number of rotatable bonds is 14. The molecule has 7 nitrogen and oxygen atoms in total. The maximum atomic E-state index is 12.3. The van der Waals surface area contributed by atoms with E-state index in [4.69, 9.17) is 4.74 Å². The molecule has 0 aliphatic heterocycles. The SMILES string of the molecule is C[C@H](NC(=O)[C@H](C=O)CCC/C=C/C(C)(C)C)C(=O)NCCOC(=O)CCc1ccccc1. The van der Waals surface area contributed by atoms with E-state index in [1.54, 1.807) is 6.92 Å². The monoisotopic (exact) mass is 458 g/mol. The van der Waals surface area contributed by atoms with Gasteiger partial charge in [-0.3, -0.25) is 14.4 Å². The van der Waals surface area contributed by atoms with Crippen molar-refractivity contribution in [3.05, 3.63) is 48.0 Å². The number of carbonyl (C=O) groups excluding carboxylic acids is 4. The average molecular weight is 459 g/mol. The van der Waals surface area contributed by atoms with Gasteiger partial charge in [-0.15, -0.1) is 0 Å². The summed E-state index contributed by atoms with van der Waals surface area (Å²) >= 11 is 0. The highest BCUT2D eigenvalue weighted by molar-refractivity contribution is 5.94. The van der Waals surface area contributed by atoms with Crippen molar-refractivity contribution >= 4 is 24.1 Å². The number of nitrogens with one attached hydrogen (secondary N) is 2. The number of hydrogen-bond acceptors (Lipinski definition) is 5. The van der Waals surface area contributed by atoms with Gasteiger partial charge in [0.1, 0.15) is 18.9 Å². The predicted octanol–water partition coefficient (Wildman–Crippen LogP) is 3.37. The van der Waals surface area contributed by atoms with Crippen LogP contribution in [0.2, 0.25) is 0 Å². The molecule has 0 saturated carbocycles. The van der Waals surface area contributed by atoms with Gasteiger partial charge >= 0.3 is 5.97 Å². The van der Waals surface area contributed by atoms with Crippen LogP contribution in [0.25, 0.3) is 0 Å². The van der Waals surface area contributed by atoms with E-state index < -0.39 is 23.8 Å². The molecule has 1 aromatic rings. The van der Waals surface area contributed by atoms with E-state index in [0.29, 0.717) is 25.5 Å². The molecule has 2 atom stereocenters. The minimum absolute atomic E-state index is 0.0546. The number of carbonyl (C=O) groups is 4. The lowest BCUT2D eigenvalue weighted by Gasteiger charge is -2.17. The fraction of sp³-hybridized carbons (Fsp3) is 0.538. The average Bonchev–Trinajstić information content (AvgIpc) is 2.77. The Morgan fingerprint density at radius 3 is 2.42 bits per heavy atom. The Morgan fingerprint density at radius 2 is 1.79 bits per heavy atom. The second kappa shape index (κ2) is 15.0. The number of hydrogen-bond donors (Lipinski definition) is 2. The van der Waals surface area contributed by atoms with Crippen LogP contribution in [-0.4, -0.2) is 43.3 Å². The molecule has 0 aliphatic carbocycles. The van der Waals surface area contributed by atoms with Crippen molar-refractivity contribution in [2.24, 2.45) is 11.3 Å². The highest BCUT2D eigenvalue weighted by Crippen LogP contribution is 2.16. The van der Waals surface area contributed by atoms with Crippen molar-refractivity contribution in [1.82, 2.24) is 10.6 Å². The van der Waals surface area contributed by atoms with E-state index >= 15 is 0 Å². The van der Waals surface area contributed by atoms with E-state index in [1.165, 1.54) is 0 Å². The summed E-state index contributed by atoms with van der Waals surface area (Å²) < 4.78 is 5.12. The van der Waals surface area contributed by atoms with E-state index in [1.807, 2.05) is 30.3 Å². The lowest BCUT2D eigenvalue weighted by molar-refractivity contribution is -0.143. The lowest BCUT2D eigenvalue weighted by atomic mass is 9.95. The molecule has 33 heavy (non-hydrogen) atoms. The van der Waals surface area contributed by atoms with Gasteiger partial charge in [0, 0.05) is 6.42 Å². The van der Waals surface area contributed by atoms with Gasteiger partial charge in [-0.1, -0.05) is 63.3 Å². The molecule has 0 fully saturated rings. The smallest absolute Gasteiger partial charge is 0.306 e. The summed E-state index contributed by atoms with van der Waals surface area (Å²) in [5.74, 6) is -1.98. The van der Waals surface area contributed by atoms with Crippen LogP contribution in [0.5, 0.6) is 0 Å². The first-order valence-electron chi connectivity index (χ1n) is 11.5. The van der Waals surface area contributed by atoms with Crippen molar-refractivity contribution in [2.75, 3.05) is 13.2 Å². The molecule has 0 heterocycles. The molecule has 2 amide bonds. The zero-order valence-electron chi connectivity index (χ0n) is 20.3. The van der Waals surface area contributed by atoms with Crippen molar-refractivity contribution in [3.63, 3.8) is 0 Å². The van der Waals surface area contributed by atoms with Crippen LogP contribution in [0.1, 0.15) is 58.9 Å². The normalized spacial score (nSPS) is 13.2. The number of ether oxygens (including phenoxy) is 1. The first-order chi connectivity index (χ1) is 15.6. The van der Waals surface area contributed by atoms with Crippen molar-refractivity contribution in [2.45, 2.75) is 65.8 Å². The number of aldehydes is 1. The molecule has 0 spiro atoms. The topological polar surface area (TPSA) is 102 Å². The maximum absolute atomic E-state index is 12.3. The zero-order chi connectivity index (χ0) is 24.7. The summed E-state index contributed by atoms with van der Waals surface area (Å²) in [6.07, 6.45) is 7.58. The number of unbranched alkanes of at least 4 members (excludes halogenated alkanes) is 1. The Kier molecular flexibility index (Phi) is 12.7. The highest BCUT2D eigenvalue weighted by Gasteiger charge is 2.22. The number of allylic oxidation sites excluding steroid dienone is 2. The first-order valence-corrected chi connectivity index (χ1v) is 11.5. The summed E-state index contributed by atoms with van der Waals surface area (Å²) in [6.45, 7) is 8.06. The van der Waals surface area contributed by atoms with Crippen LogP contribution in [0, 0.1) is 11.3 Å². The molecule has 1 rings (SSSR count). The third-order valence-electron chi connectivity index (χ3n) is 4.88. The predicted molar refractivity (Wildman–Crippen MR) is 128 cm³/mol. The van der Waals surface area contributed by atoms with E-state index in [2.05, 4.69) is 43.6 Å². The fourth-order valence-electron chi connectivity index (χ4n) is 2.99. The van der Waals surface area contributed by atoms with Crippen molar-refractivity contribution in [3.8, 4) is 0 Å². The number of aryl methyl sites for hydroxylation is 1. The van der Waals surface area contributed by atoms with Crippen LogP contribution in [-0.2, 0) is 30.3 Å². The molecule has 0 radical (unpaired) electrons. The molecule has 7 heteroatoms. The van der Waals surface area contributed by atoms with Gasteiger partial charge in [0.25, 0.3) is 0 Å². The summed E-state index contributed by atoms with van der Waals surface area (Å²) in [7, 11) is 0. The molecule has 182 valence electrons. The first kappa shape index (κ1) is 28.1. The fourth-order valence-corrected chi connectivity index (χ4v) is 2.99. The van der Waals surface area contributed by atoms with Gasteiger partial charge in [-0.25, -0.2) is 0 Å². The second-order valence-electron chi connectivity index (χ2n) is 9.17. The summed E-state index contributed by atoms with van der Waals surface area (Å²) in [6, 6.07) is 8.84.